The van der Waals surface area contributed by atoms with Crippen LogP contribution < -0.4 is 14.9 Å². The standard InChI is InChI=1S/C16H12BrN3O5/c1-9-2-3-10(4-13(9)20(22)23)16(21)19-18-7-11-5-14-15(6-12(11)17)25-8-24-14/h2-7H,8H2,1H3,(H,19,21). The number of rotatable bonds is 4. The van der Waals surface area contributed by atoms with Crippen molar-refractivity contribution in [1.29, 1.82) is 0 Å². The molecule has 0 spiro atoms. The Balaban J connectivity index is 1.73. The smallest absolute Gasteiger partial charge is 0.273 e. The van der Waals surface area contributed by atoms with Gasteiger partial charge in [-0.1, -0.05) is 6.07 Å². The van der Waals surface area contributed by atoms with Gasteiger partial charge in [0.1, 0.15) is 0 Å². The number of hydrazone groups is 1. The van der Waals surface area contributed by atoms with E-state index in [-0.39, 0.29) is 18.0 Å². The Labute approximate surface area is 150 Å². The number of nitrogens with zero attached hydrogens (tertiary/aromatic N) is 2. The van der Waals surface area contributed by atoms with E-state index in [4.69, 9.17) is 9.47 Å². The fraction of sp³-hybridized carbons (Fsp3) is 0.125. The molecule has 128 valence electrons. The van der Waals surface area contributed by atoms with Gasteiger partial charge >= 0.3 is 0 Å². The van der Waals surface area contributed by atoms with E-state index < -0.39 is 10.8 Å². The molecule has 9 heteroatoms. The summed E-state index contributed by atoms with van der Waals surface area (Å²) in [5, 5.41) is 14.8. The molecule has 2 aromatic carbocycles. The van der Waals surface area contributed by atoms with E-state index >= 15 is 0 Å². The number of carbonyl (C=O) groups is 1. The number of hydrogen-bond acceptors (Lipinski definition) is 6. The second-order valence-electron chi connectivity index (χ2n) is 5.18. The normalized spacial score (nSPS) is 12.4. The Morgan fingerprint density at radius 3 is 2.76 bits per heavy atom. The van der Waals surface area contributed by atoms with Crippen LogP contribution >= 0.6 is 15.9 Å². The number of benzene rings is 2. The van der Waals surface area contributed by atoms with E-state index in [0.717, 1.165) is 4.47 Å². The summed E-state index contributed by atoms with van der Waals surface area (Å²) in [6.07, 6.45) is 1.44. The van der Waals surface area contributed by atoms with Crippen molar-refractivity contribution >= 4 is 33.7 Å². The number of ether oxygens (including phenoxy) is 2. The lowest BCUT2D eigenvalue weighted by Gasteiger charge is -2.03. The molecule has 8 nitrogen and oxygen atoms in total. The third kappa shape index (κ3) is 3.61. The van der Waals surface area contributed by atoms with Crippen LogP contribution in [0, 0.1) is 17.0 Å². The van der Waals surface area contributed by atoms with Crippen LogP contribution in [0.4, 0.5) is 5.69 Å². The van der Waals surface area contributed by atoms with E-state index in [0.29, 0.717) is 22.6 Å². The van der Waals surface area contributed by atoms with Crippen molar-refractivity contribution in [1.82, 2.24) is 5.43 Å². The third-order valence-electron chi connectivity index (χ3n) is 3.53. The molecular formula is C16H12BrN3O5. The van der Waals surface area contributed by atoms with Crippen LogP contribution in [-0.2, 0) is 0 Å². The average molecular weight is 406 g/mol. The summed E-state index contributed by atoms with van der Waals surface area (Å²) >= 11 is 3.38. The number of nitro benzene ring substituents is 1. The maximum Gasteiger partial charge on any atom is 0.273 e. The summed E-state index contributed by atoms with van der Waals surface area (Å²) in [5.41, 5.74) is 3.54. The molecule has 0 saturated carbocycles. The first kappa shape index (κ1) is 16.9. The van der Waals surface area contributed by atoms with Crippen LogP contribution in [0.3, 0.4) is 0 Å². The molecule has 0 aromatic heterocycles. The minimum absolute atomic E-state index is 0.116. The molecule has 3 rings (SSSR count). The topological polar surface area (TPSA) is 103 Å². The minimum Gasteiger partial charge on any atom is -0.454 e. The summed E-state index contributed by atoms with van der Waals surface area (Å²) in [7, 11) is 0. The molecule has 1 aliphatic rings. The van der Waals surface area contributed by atoms with E-state index in [9.17, 15) is 14.9 Å². The first-order valence-electron chi connectivity index (χ1n) is 7.13. The van der Waals surface area contributed by atoms with Gasteiger partial charge in [0.2, 0.25) is 6.79 Å². The third-order valence-corrected chi connectivity index (χ3v) is 4.22. The largest absolute Gasteiger partial charge is 0.454 e. The molecule has 1 amide bonds. The quantitative estimate of drug-likeness (QED) is 0.477. The highest BCUT2D eigenvalue weighted by atomic mass is 79.9. The molecule has 1 N–H and O–H groups in total. The molecule has 0 radical (unpaired) electrons. The van der Waals surface area contributed by atoms with Gasteiger partial charge < -0.3 is 9.47 Å². The molecule has 0 fully saturated rings. The molecule has 2 aromatic rings. The minimum atomic E-state index is -0.545. The fourth-order valence-corrected chi connectivity index (χ4v) is 2.63. The van der Waals surface area contributed by atoms with E-state index in [1.165, 1.54) is 24.4 Å². The first-order chi connectivity index (χ1) is 12.0. The van der Waals surface area contributed by atoms with Gasteiger partial charge in [0.05, 0.1) is 11.1 Å². The molecule has 0 saturated heterocycles. The van der Waals surface area contributed by atoms with E-state index in [1.807, 2.05) is 0 Å². The van der Waals surface area contributed by atoms with Crippen molar-refractivity contribution in [2.75, 3.05) is 6.79 Å². The van der Waals surface area contributed by atoms with Crippen LogP contribution in [0.25, 0.3) is 0 Å². The number of amides is 1. The van der Waals surface area contributed by atoms with Gasteiger partial charge in [-0.05, 0) is 41.1 Å². The van der Waals surface area contributed by atoms with Gasteiger partial charge in [-0.2, -0.15) is 5.10 Å². The van der Waals surface area contributed by atoms with Crippen LogP contribution in [0.5, 0.6) is 11.5 Å². The van der Waals surface area contributed by atoms with Crippen LogP contribution in [-0.4, -0.2) is 23.8 Å². The van der Waals surface area contributed by atoms with Gasteiger partial charge in [-0.15, -0.1) is 0 Å². The molecule has 0 unspecified atom stereocenters. The van der Waals surface area contributed by atoms with E-state index in [2.05, 4.69) is 26.5 Å². The Bertz CT molecular complexity index is 898. The van der Waals surface area contributed by atoms with Gasteiger partial charge in [-0.3, -0.25) is 14.9 Å². The van der Waals surface area contributed by atoms with Crippen LogP contribution in [0.2, 0.25) is 0 Å². The van der Waals surface area contributed by atoms with E-state index in [1.54, 1.807) is 19.1 Å². The van der Waals surface area contributed by atoms with Crippen molar-refractivity contribution < 1.29 is 19.2 Å². The Hall–Kier alpha value is -2.94. The fourth-order valence-electron chi connectivity index (χ4n) is 2.20. The number of halogens is 1. The highest BCUT2D eigenvalue weighted by molar-refractivity contribution is 9.10. The number of nitro groups is 1. The van der Waals surface area contributed by atoms with Gasteiger partial charge in [0.25, 0.3) is 11.6 Å². The summed E-state index contributed by atoms with van der Waals surface area (Å²) in [6.45, 7) is 1.76. The second-order valence-corrected chi connectivity index (χ2v) is 6.04. The summed E-state index contributed by atoms with van der Waals surface area (Å²) in [5.74, 6) is 0.668. The van der Waals surface area contributed by atoms with Crippen LogP contribution in [0.15, 0.2) is 39.9 Å². The zero-order valence-corrected chi connectivity index (χ0v) is 14.6. The summed E-state index contributed by atoms with van der Waals surface area (Å²) < 4.78 is 11.3. The lowest BCUT2D eigenvalue weighted by atomic mass is 10.1. The van der Waals surface area contributed by atoms with Crippen molar-refractivity contribution in [2.24, 2.45) is 5.10 Å². The molecule has 25 heavy (non-hydrogen) atoms. The molecule has 0 atom stereocenters. The zero-order chi connectivity index (χ0) is 18.0. The molecule has 0 aliphatic carbocycles. The van der Waals surface area contributed by atoms with Crippen molar-refractivity contribution in [3.8, 4) is 11.5 Å². The highest BCUT2D eigenvalue weighted by Gasteiger charge is 2.16. The molecule has 0 bridgehead atoms. The Kier molecular flexibility index (Phi) is 4.66. The average Bonchev–Trinajstić information content (AvgIpc) is 3.02. The lowest BCUT2D eigenvalue weighted by Crippen LogP contribution is -2.17. The maximum atomic E-state index is 12.1. The van der Waals surface area contributed by atoms with Crippen molar-refractivity contribution in [2.45, 2.75) is 6.92 Å². The highest BCUT2D eigenvalue weighted by Crippen LogP contribution is 2.36. The molecule has 1 heterocycles. The van der Waals surface area contributed by atoms with Gasteiger partial charge in [0, 0.05) is 27.2 Å². The van der Waals surface area contributed by atoms with Crippen molar-refractivity contribution in [3.63, 3.8) is 0 Å². The number of nitrogens with one attached hydrogen (secondary N) is 1. The van der Waals surface area contributed by atoms with Crippen LogP contribution in [0.1, 0.15) is 21.5 Å². The first-order valence-corrected chi connectivity index (χ1v) is 7.92. The Morgan fingerprint density at radius 1 is 1.32 bits per heavy atom. The zero-order valence-electron chi connectivity index (χ0n) is 13.0. The number of carbonyl (C=O) groups excluding carboxylic acids is 1. The lowest BCUT2D eigenvalue weighted by molar-refractivity contribution is -0.385. The molecule has 1 aliphatic heterocycles. The monoisotopic (exact) mass is 405 g/mol. The van der Waals surface area contributed by atoms with Gasteiger partial charge in [-0.25, -0.2) is 5.43 Å². The predicted molar refractivity (Wildman–Crippen MR) is 93.2 cm³/mol. The van der Waals surface area contributed by atoms with Gasteiger partial charge in [0.15, 0.2) is 11.5 Å². The predicted octanol–water partition coefficient (Wildman–Crippen LogP) is 3.16. The maximum absolute atomic E-state index is 12.1. The van der Waals surface area contributed by atoms with Crippen molar-refractivity contribution in [3.05, 3.63) is 61.6 Å². The number of hydrogen-bond donors (Lipinski definition) is 1. The summed E-state index contributed by atoms with van der Waals surface area (Å²) in [6, 6.07) is 7.71. The Morgan fingerprint density at radius 2 is 2.04 bits per heavy atom. The summed E-state index contributed by atoms with van der Waals surface area (Å²) in [4.78, 5) is 22.5. The number of fused-ring (bicyclic) bond motifs is 1. The second kappa shape index (κ2) is 6.89. The molecular weight excluding hydrogens is 394 g/mol. The number of aryl methyl sites for hydroxylation is 1. The SMILES string of the molecule is Cc1ccc(C(=O)NN=Cc2cc3c(cc2Br)OCO3)cc1[N+](=O)[O-].